The third kappa shape index (κ3) is 5.07. The third-order valence-corrected chi connectivity index (χ3v) is 7.96. The van der Waals surface area contributed by atoms with Gasteiger partial charge in [-0.2, -0.15) is 4.31 Å². The van der Waals surface area contributed by atoms with Crippen molar-refractivity contribution < 1.29 is 17.9 Å². The molecule has 0 atom stereocenters. The number of ether oxygens (including phenoxy) is 2. The number of sulfonamides is 1. The molecule has 0 N–H and O–H groups in total. The molecule has 11 nitrogen and oxygen atoms in total. The van der Waals surface area contributed by atoms with Crippen molar-refractivity contribution >= 4 is 33.1 Å². The molecule has 188 valence electrons. The number of morpholine rings is 1. The topological polar surface area (TPSA) is 105 Å². The predicted molar refractivity (Wildman–Crippen MR) is 133 cm³/mol. The smallest absolute Gasteiger partial charge is 0.212 e. The van der Waals surface area contributed by atoms with Gasteiger partial charge in [0.1, 0.15) is 10.8 Å². The molecule has 2 aliphatic heterocycles. The van der Waals surface area contributed by atoms with Crippen LogP contribution in [-0.4, -0.2) is 103 Å². The molecule has 0 unspecified atom stereocenters. The molecular formula is C22H28ClN7O4S. The van der Waals surface area contributed by atoms with Crippen molar-refractivity contribution in [2.45, 2.75) is 6.54 Å². The van der Waals surface area contributed by atoms with Crippen molar-refractivity contribution in [3.63, 3.8) is 0 Å². The van der Waals surface area contributed by atoms with E-state index >= 15 is 0 Å². The molecule has 2 saturated heterocycles. The lowest BCUT2D eigenvalue weighted by Crippen LogP contribution is -2.47. The number of imidazole rings is 1. The van der Waals surface area contributed by atoms with Crippen molar-refractivity contribution in [2.24, 2.45) is 0 Å². The Hall–Kier alpha value is -2.51. The van der Waals surface area contributed by atoms with Gasteiger partial charge >= 0.3 is 0 Å². The Morgan fingerprint density at radius 3 is 2.46 bits per heavy atom. The molecule has 2 fully saturated rings. The standard InChI is InChI=1S/C22H28ClN7O4S/c1-33-18-4-3-16(13-24-18)19-20(23)30-15-17(14-27-5-7-29(8-6-27)35(2,31)32)25-22(30)21(26-19)28-9-11-34-12-10-28/h3-4,13,15H,5-12,14H2,1-2H3. The highest BCUT2D eigenvalue weighted by Gasteiger charge is 2.26. The van der Waals surface area contributed by atoms with Crippen molar-refractivity contribution in [3.8, 4) is 17.1 Å². The maximum atomic E-state index is 11.8. The van der Waals surface area contributed by atoms with Gasteiger partial charge in [-0.15, -0.1) is 0 Å². The van der Waals surface area contributed by atoms with Crippen LogP contribution in [0.1, 0.15) is 5.69 Å². The summed E-state index contributed by atoms with van der Waals surface area (Å²) in [6, 6.07) is 3.66. The second-order valence-electron chi connectivity index (χ2n) is 8.63. The fourth-order valence-corrected chi connectivity index (χ4v) is 5.50. The van der Waals surface area contributed by atoms with Gasteiger partial charge in [-0.1, -0.05) is 11.6 Å². The van der Waals surface area contributed by atoms with E-state index in [4.69, 9.17) is 31.0 Å². The minimum Gasteiger partial charge on any atom is -0.481 e. The summed E-state index contributed by atoms with van der Waals surface area (Å²) in [7, 11) is -1.60. The van der Waals surface area contributed by atoms with Crippen LogP contribution in [0.25, 0.3) is 16.9 Å². The van der Waals surface area contributed by atoms with Crippen molar-refractivity contribution in [3.05, 3.63) is 35.4 Å². The van der Waals surface area contributed by atoms with Crippen LogP contribution in [-0.2, 0) is 21.3 Å². The van der Waals surface area contributed by atoms with Gasteiger partial charge in [0.05, 0.1) is 32.3 Å². The molecule has 3 aromatic rings. The summed E-state index contributed by atoms with van der Waals surface area (Å²) < 4.78 is 37.8. The molecule has 0 spiro atoms. The largest absolute Gasteiger partial charge is 0.481 e. The minimum absolute atomic E-state index is 0.449. The summed E-state index contributed by atoms with van der Waals surface area (Å²) in [6.45, 7) is 5.49. The molecule has 3 aromatic heterocycles. The van der Waals surface area contributed by atoms with E-state index in [1.54, 1.807) is 19.4 Å². The number of halogens is 1. The van der Waals surface area contributed by atoms with E-state index in [1.807, 2.05) is 16.7 Å². The van der Waals surface area contributed by atoms with Gasteiger partial charge in [-0.25, -0.2) is 23.4 Å². The molecule has 0 amide bonds. The average molecular weight is 522 g/mol. The first-order chi connectivity index (χ1) is 16.8. The maximum absolute atomic E-state index is 11.8. The molecule has 0 bridgehead atoms. The highest BCUT2D eigenvalue weighted by Crippen LogP contribution is 2.33. The number of piperazine rings is 1. The van der Waals surface area contributed by atoms with E-state index in [1.165, 1.54) is 10.6 Å². The van der Waals surface area contributed by atoms with Crippen LogP contribution in [0.15, 0.2) is 24.5 Å². The average Bonchev–Trinajstić information content (AvgIpc) is 3.29. The first kappa shape index (κ1) is 24.2. The fraction of sp³-hybridized carbons (Fsp3) is 0.500. The van der Waals surface area contributed by atoms with Crippen LogP contribution in [0, 0.1) is 0 Å². The summed E-state index contributed by atoms with van der Waals surface area (Å²) in [4.78, 5) is 18.5. The number of hydrogen-bond acceptors (Lipinski definition) is 9. The van der Waals surface area contributed by atoms with Gasteiger partial charge < -0.3 is 14.4 Å². The Kier molecular flexibility index (Phi) is 6.82. The maximum Gasteiger partial charge on any atom is 0.212 e. The molecule has 0 aliphatic carbocycles. The number of anilines is 1. The van der Waals surface area contributed by atoms with Gasteiger partial charge in [-0.05, 0) is 6.07 Å². The molecular weight excluding hydrogens is 494 g/mol. The van der Waals surface area contributed by atoms with Crippen LogP contribution in [0.4, 0.5) is 5.82 Å². The zero-order valence-electron chi connectivity index (χ0n) is 19.7. The molecule has 0 aromatic carbocycles. The Labute approximate surface area is 209 Å². The number of hydrogen-bond donors (Lipinski definition) is 0. The number of methoxy groups -OCH3 is 1. The van der Waals surface area contributed by atoms with E-state index in [-0.39, 0.29) is 0 Å². The lowest BCUT2D eigenvalue weighted by Gasteiger charge is -2.32. The predicted octanol–water partition coefficient (Wildman–Crippen LogP) is 1.37. The second-order valence-corrected chi connectivity index (χ2v) is 11.0. The van der Waals surface area contributed by atoms with E-state index in [2.05, 4.69) is 14.8 Å². The third-order valence-electron chi connectivity index (χ3n) is 6.30. The van der Waals surface area contributed by atoms with Crippen LogP contribution in [0.3, 0.4) is 0 Å². The van der Waals surface area contributed by atoms with Crippen LogP contribution in [0.5, 0.6) is 5.88 Å². The quantitative estimate of drug-likeness (QED) is 0.475. The van der Waals surface area contributed by atoms with Gasteiger partial charge in [0.2, 0.25) is 15.9 Å². The van der Waals surface area contributed by atoms with Crippen molar-refractivity contribution in [1.29, 1.82) is 0 Å². The normalized spacial score (nSPS) is 18.3. The van der Waals surface area contributed by atoms with Gasteiger partial charge in [0.25, 0.3) is 0 Å². The SMILES string of the molecule is COc1ccc(-c2nc(N3CCOCC3)c3nc(CN4CCN(S(C)(=O)=O)CC4)cn3c2Cl)cn1. The summed E-state index contributed by atoms with van der Waals surface area (Å²) in [5, 5.41) is 0.449. The Balaban J connectivity index is 1.49. The van der Waals surface area contributed by atoms with Gasteiger partial charge in [0.15, 0.2) is 11.5 Å². The Bertz CT molecular complexity index is 1300. The zero-order valence-corrected chi connectivity index (χ0v) is 21.3. The second kappa shape index (κ2) is 9.86. The number of rotatable bonds is 6. The van der Waals surface area contributed by atoms with E-state index in [0.717, 1.165) is 17.1 Å². The summed E-state index contributed by atoms with van der Waals surface area (Å²) in [5.41, 5.74) is 2.92. The highest BCUT2D eigenvalue weighted by molar-refractivity contribution is 7.88. The molecule has 35 heavy (non-hydrogen) atoms. The highest BCUT2D eigenvalue weighted by atomic mass is 35.5. The van der Waals surface area contributed by atoms with E-state index in [9.17, 15) is 8.42 Å². The van der Waals surface area contributed by atoms with Crippen molar-refractivity contribution in [1.82, 2.24) is 28.6 Å². The van der Waals surface area contributed by atoms with Crippen molar-refractivity contribution in [2.75, 3.05) is 70.7 Å². The molecule has 5 rings (SSSR count). The van der Waals surface area contributed by atoms with Gasteiger partial charge in [-0.3, -0.25) is 9.30 Å². The number of nitrogens with zero attached hydrogens (tertiary/aromatic N) is 7. The minimum atomic E-state index is -3.17. The van der Waals surface area contributed by atoms with Crippen LogP contribution < -0.4 is 9.64 Å². The number of aromatic nitrogens is 4. The van der Waals surface area contributed by atoms with E-state index < -0.39 is 10.0 Å². The lowest BCUT2D eigenvalue weighted by molar-refractivity contribution is 0.122. The summed E-state index contributed by atoms with van der Waals surface area (Å²) in [5.74, 6) is 1.26. The van der Waals surface area contributed by atoms with Gasteiger partial charge in [0, 0.05) is 69.8 Å². The zero-order chi connectivity index (χ0) is 24.6. The Morgan fingerprint density at radius 1 is 1.09 bits per heavy atom. The van der Waals surface area contributed by atoms with E-state index in [0.29, 0.717) is 81.4 Å². The summed E-state index contributed by atoms with van der Waals surface area (Å²) in [6.07, 6.45) is 4.89. The number of fused-ring (bicyclic) bond motifs is 1. The number of pyridine rings is 1. The molecule has 2 aliphatic rings. The molecule has 5 heterocycles. The van der Waals surface area contributed by atoms with Crippen LogP contribution >= 0.6 is 11.6 Å². The summed E-state index contributed by atoms with van der Waals surface area (Å²) >= 11 is 6.86. The first-order valence-electron chi connectivity index (χ1n) is 11.4. The first-order valence-corrected chi connectivity index (χ1v) is 13.6. The molecule has 0 radical (unpaired) electrons. The molecule has 0 saturated carbocycles. The molecule has 13 heteroatoms. The lowest BCUT2D eigenvalue weighted by atomic mass is 10.2. The fourth-order valence-electron chi connectivity index (χ4n) is 4.39. The monoisotopic (exact) mass is 521 g/mol. The Morgan fingerprint density at radius 2 is 1.83 bits per heavy atom. The van der Waals surface area contributed by atoms with Crippen LogP contribution in [0.2, 0.25) is 5.15 Å².